The quantitative estimate of drug-likeness (QED) is 0.456. The topological polar surface area (TPSA) is 40.5 Å². The molecule has 0 saturated heterocycles. The molecule has 0 fully saturated rings. The van der Waals surface area contributed by atoms with Crippen LogP contribution in [-0.4, -0.2) is 21.3 Å². The van der Waals surface area contributed by atoms with Gasteiger partial charge in [0.15, 0.2) is 0 Å². The SMILES string of the molecule is OP(O)(=S)SCCS. The maximum Gasteiger partial charge on any atom is 0.242 e. The average molecular weight is 190 g/mol. The summed E-state index contributed by atoms with van der Waals surface area (Å²) in [6.45, 7) is 0. The van der Waals surface area contributed by atoms with E-state index in [0.717, 1.165) is 11.4 Å². The third kappa shape index (κ3) is 7.27. The molecular weight excluding hydrogens is 183 g/mol. The third-order valence-electron chi connectivity index (χ3n) is 0.351. The van der Waals surface area contributed by atoms with Crippen molar-refractivity contribution in [1.29, 1.82) is 0 Å². The molecule has 0 heterocycles. The molecule has 0 aromatic rings. The molecule has 0 amide bonds. The largest absolute Gasteiger partial charge is 0.338 e. The van der Waals surface area contributed by atoms with Gasteiger partial charge in [-0.1, -0.05) is 11.4 Å². The monoisotopic (exact) mass is 190 g/mol. The van der Waals surface area contributed by atoms with Crippen LogP contribution in [0.25, 0.3) is 0 Å². The van der Waals surface area contributed by atoms with Crippen LogP contribution in [0.15, 0.2) is 0 Å². The first-order valence-electron chi connectivity index (χ1n) is 1.87. The summed E-state index contributed by atoms with van der Waals surface area (Å²) in [5.74, 6) is 1.23. The van der Waals surface area contributed by atoms with Crippen molar-refractivity contribution < 1.29 is 9.79 Å². The molecule has 6 heteroatoms. The van der Waals surface area contributed by atoms with Crippen molar-refractivity contribution in [3.63, 3.8) is 0 Å². The summed E-state index contributed by atoms with van der Waals surface area (Å²) in [6, 6.07) is 0. The van der Waals surface area contributed by atoms with Crippen LogP contribution in [0.2, 0.25) is 0 Å². The van der Waals surface area contributed by atoms with Gasteiger partial charge in [-0.15, -0.1) is 0 Å². The second-order valence-electron chi connectivity index (χ2n) is 1.05. The maximum atomic E-state index is 8.56. The summed E-state index contributed by atoms with van der Waals surface area (Å²) < 4.78 is 0. The van der Waals surface area contributed by atoms with Gasteiger partial charge in [0.2, 0.25) is 5.69 Å². The number of thiol groups is 1. The van der Waals surface area contributed by atoms with Crippen molar-refractivity contribution in [2.24, 2.45) is 0 Å². The van der Waals surface area contributed by atoms with Crippen molar-refractivity contribution in [3.8, 4) is 0 Å². The molecule has 0 bridgehead atoms. The molecule has 0 unspecified atom stereocenters. The molecule has 0 aliphatic carbocycles. The molecule has 0 aliphatic rings. The smallest absolute Gasteiger partial charge is 0.242 e. The highest BCUT2D eigenvalue weighted by molar-refractivity contribution is 8.67. The van der Waals surface area contributed by atoms with Gasteiger partial charge < -0.3 is 9.79 Å². The lowest BCUT2D eigenvalue weighted by molar-refractivity contribution is 0.502. The summed E-state index contributed by atoms with van der Waals surface area (Å²) in [7, 11) is 0. The van der Waals surface area contributed by atoms with Gasteiger partial charge in [0, 0.05) is 5.75 Å². The minimum Gasteiger partial charge on any atom is -0.338 e. The number of rotatable bonds is 3. The zero-order valence-electron chi connectivity index (χ0n) is 4.02. The van der Waals surface area contributed by atoms with E-state index in [1.165, 1.54) is 0 Å². The van der Waals surface area contributed by atoms with Crippen LogP contribution in [0.4, 0.5) is 0 Å². The van der Waals surface area contributed by atoms with Gasteiger partial charge in [0.25, 0.3) is 0 Å². The van der Waals surface area contributed by atoms with E-state index in [9.17, 15) is 0 Å². The van der Waals surface area contributed by atoms with Crippen LogP contribution < -0.4 is 0 Å². The summed E-state index contributed by atoms with van der Waals surface area (Å²) in [5.41, 5.74) is -2.98. The van der Waals surface area contributed by atoms with Crippen LogP contribution >= 0.6 is 29.7 Å². The molecule has 2 nitrogen and oxygen atoms in total. The van der Waals surface area contributed by atoms with Crippen LogP contribution in [0.5, 0.6) is 0 Å². The Bertz CT molecular complexity index is 99.5. The normalized spacial score (nSPS) is 11.9. The fraction of sp³-hybridized carbons (Fsp3) is 1.00. The summed E-state index contributed by atoms with van der Waals surface area (Å²) in [4.78, 5) is 17.1. The van der Waals surface area contributed by atoms with Crippen LogP contribution in [0, 0.1) is 0 Å². The molecule has 0 atom stereocenters. The lowest BCUT2D eigenvalue weighted by Gasteiger charge is -2.02. The lowest BCUT2D eigenvalue weighted by Crippen LogP contribution is -1.77. The van der Waals surface area contributed by atoms with E-state index >= 15 is 0 Å². The second-order valence-corrected chi connectivity index (χ2v) is 7.67. The summed E-state index contributed by atoms with van der Waals surface area (Å²) >= 11 is 9.16. The molecule has 0 aromatic heterocycles. The van der Waals surface area contributed by atoms with Gasteiger partial charge >= 0.3 is 0 Å². The Labute approximate surface area is 63.0 Å². The van der Waals surface area contributed by atoms with Gasteiger partial charge in [-0.3, -0.25) is 0 Å². The predicted octanol–water partition coefficient (Wildman–Crippen LogP) is 0.858. The second kappa shape index (κ2) is 4.14. The standard InChI is InChI=1S/C2H7O2PS3/c3-5(4,7)8-2-1-6/h6H,1-2H2,(H2,3,4,7). The molecule has 0 saturated carbocycles. The molecular formula is C2H7O2PS3. The molecule has 2 N–H and O–H groups in total. The Morgan fingerprint density at radius 2 is 2.12 bits per heavy atom. The Morgan fingerprint density at radius 3 is 2.25 bits per heavy atom. The van der Waals surface area contributed by atoms with Crippen LogP contribution in [0.1, 0.15) is 0 Å². The Kier molecular flexibility index (Phi) is 4.80. The molecule has 8 heavy (non-hydrogen) atoms. The molecule has 0 rings (SSSR count). The third-order valence-corrected chi connectivity index (χ3v) is 4.11. The Hall–Kier alpha value is 1.27. The number of hydrogen-bond acceptors (Lipinski definition) is 3. The highest BCUT2D eigenvalue weighted by Crippen LogP contribution is 2.50. The maximum absolute atomic E-state index is 8.56. The zero-order valence-corrected chi connectivity index (χ0v) is 7.44. The van der Waals surface area contributed by atoms with Crippen LogP contribution in [-0.2, 0) is 11.8 Å². The Morgan fingerprint density at radius 1 is 1.62 bits per heavy atom. The first kappa shape index (κ1) is 9.27. The molecule has 0 aliphatic heterocycles. The zero-order chi connectivity index (χ0) is 6.62. The van der Waals surface area contributed by atoms with Gasteiger partial charge in [-0.25, -0.2) is 0 Å². The molecule has 50 valence electrons. The van der Waals surface area contributed by atoms with Crippen molar-refractivity contribution in [3.05, 3.63) is 0 Å². The van der Waals surface area contributed by atoms with E-state index < -0.39 is 5.69 Å². The van der Waals surface area contributed by atoms with Gasteiger partial charge in [0.05, 0.1) is 0 Å². The van der Waals surface area contributed by atoms with Gasteiger partial charge in [-0.05, 0) is 17.6 Å². The molecule has 0 spiro atoms. The van der Waals surface area contributed by atoms with E-state index in [1.807, 2.05) is 0 Å². The first-order chi connectivity index (χ1) is 3.56. The van der Waals surface area contributed by atoms with Gasteiger partial charge in [-0.2, -0.15) is 12.6 Å². The van der Waals surface area contributed by atoms with E-state index in [4.69, 9.17) is 9.79 Å². The van der Waals surface area contributed by atoms with E-state index in [-0.39, 0.29) is 0 Å². The highest BCUT2D eigenvalue weighted by Gasteiger charge is 2.04. The number of hydrogen-bond donors (Lipinski definition) is 3. The predicted molar refractivity (Wildman–Crippen MR) is 45.0 cm³/mol. The summed E-state index contributed by atoms with van der Waals surface area (Å²) in [5, 5.41) is 0. The van der Waals surface area contributed by atoms with Crippen molar-refractivity contribution >= 4 is 41.5 Å². The van der Waals surface area contributed by atoms with Crippen molar-refractivity contribution in [1.82, 2.24) is 0 Å². The fourth-order valence-corrected chi connectivity index (χ4v) is 2.84. The highest BCUT2D eigenvalue weighted by atomic mass is 32.9. The van der Waals surface area contributed by atoms with E-state index in [0.29, 0.717) is 11.5 Å². The van der Waals surface area contributed by atoms with E-state index in [1.54, 1.807) is 0 Å². The molecule has 0 aromatic carbocycles. The lowest BCUT2D eigenvalue weighted by atomic mass is 11.0. The summed E-state index contributed by atoms with van der Waals surface area (Å²) in [6.07, 6.45) is 0. The first-order valence-corrected chi connectivity index (χ1v) is 6.80. The average Bonchev–Trinajstić information content (AvgIpc) is 1.59. The van der Waals surface area contributed by atoms with Crippen LogP contribution in [0.3, 0.4) is 0 Å². The Balaban J connectivity index is 3.26. The van der Waals surface area contributed by atoms with E-state index in [2.05, 4.69) is 24.4 Å². The van der Waals surface area contributed by atoms with Gasteiger partial charge in [0.1, 0.15) is 0 Å². The van der Waals surface area contributed by atoms with Crippen molar-refractivity contribution in [2.75, 3.05) is 11.5 Å². The fourth-order valence-electron chi connectivity index (χ4n) is 0.160. The minimum absolute atomic E-state index is 0.605. The minimum atomic E-state index is -2.98. The molecule has 0 radical (unpaired) electrons. The van der Waals surface area contributed by atoms with Crippen molar-refractivity contribution in [2.45, 2.75) is 0 Å².